The first kappa shape index (κ1) is 24.2. The molecule has 30 heavy (non-hydrogen) atoms. The van der Waals surface area contributed by atoms with Crippen molar-refractivity contribution in [2.24, 2.45) is 0 Å². The highest BCUT2D eigenvalue weighted by Gasteiger charge is 2.20. The molecule has 1 aromatic rings. The third-order valence-corrected chi connectivity index (χ3v) is 14.2. The molecule has 0 radical (unpaired) electrons. The second kappa shape index (κ2) is 13.7. The summed E-state index contributed by atoms with van der Waals surface area (Å²) in [5.41, 5.74) is 0. The van der Waals surface area contributed by atoms with Gasteiger partial charge in [-0.1, -0.05) is 90.2 Å². The molecule has 3 aliphatic rings. The highest BCUT2D eigenvalue weighted by molar-refractivity contribution is 8.77. The molecule has 1 aromatic heterocycles. The van der Waals surface area contributed by atoms with E-state index >= 15 is 0 Å². The van der Waals surface area contributed by atoms with Gasteiger partial charge in [0.25, 0.3) is 0 Å². The Kier molecular flexibility index (Phi) is 11.1. The van der Waals surface area contributed by atoms with Gasteiger partial charge >= 0.3 is 0 Å². The first-order chi connectivity index (χ1) is 14.8. The molecule has 0 amide bonds. The molecule has 0 aromatic carbocycles. The summed E-state index contributed by atoms with van der Waals surface area (Å²) in [5.74, 6) is 0. The maximum atomic E-state index is 4.84. The van der Waals surface area contributed by atoms with Gasteiger partial charge in [-0.05, 0) is 70.9 Å². The van der Waals surface area contributed by atoms with E-state index in [-0.39, 0.29) is 0 Å². The Bertz CT molecular complexity index is 533. The summed E-state index contributed by atoms with van der Waals surface area (Å²) in [6.07, 6.45) is 20.6. The zero-order valence-electron chi connectivity index (χ0n) is 17.6. The van der Waals surface area contributed by atoms with Crippen LogP contribution in [0.4, 0.5) is 0 Å². The number of hydrogen-bond acceptors (Lipinski definition) is 9. The number of rotatable bonds is 9. The third kappa shape index (κ3) is 8.47. The van der Waals surface area contributed by atoms with Crippen molar-refractivity contribution in [1.29, 1.82) is 0 Å². The molecule has 168 valence electrons. The molecule has 4 rings (SSSR count). The van der Waals surface area contributed by atoms with Crippen LogP contribution in [0.2, 0.25) is 0 Å². The van der Waals surface area contributed by atoms with Gasteiger partial charge in [0.15, 0.2) is 0 Å². The van der Waals surface area contributed by atoms with E-state index in [9.17, 15) is 0 Å². The van der Waals surface area contributed by atoms with Crippen molar-refractivity contribution < 1.29 is 0 Å². The fraction of sp³-hybridized carbons (Fsp3) is 0.857. The first-order valence-corrected chi connectivity index (χ1v) is 18.2. The zero-order valence-corrected chi connectivity index (χ0v) is 22.5. The highest BCUT2D eigenvalue weighted by Crippen LogP contribution is 2.44. The number of aromatic nitrogens is 3. The fourth-order valence-electron chi connectivity index (χ4n) is 4.25. The highest BCUT2D eigenvalue weighted by atomic mass is 33.1. The average molecular weight is 520 g/mol. The molecular weight excluding hydrogens is 487 g/mol. The smallest absolute Gasteiger partial charge is 0.195 e. The van der Waals surface area contributed by atoms with E-state index < -0.39 is 0 Å². The SMILES string of the molecule is C1CCC(SSc2nc(SSC3CCCCC3)nc(SSC3CCCCC3)n2)CC1. The Morgan fingerprint density at radius 2 is 0.667 bits per heavy atom. The monoisotopic (exact) mass is 519 g/mol. The van der Waals surface area contributed by atoms with E-state index in [1.54, 1.807) is 32.4 Å². The largest absolute Gasteiger partial charge is 0.203 e. The maximum absolute atomic E-state index is 4.84. The summed E-state index contributed by atoms with van der Waals surface area (Å²) in [5, 5.41) is 5.04. The van der Waals surface area contributed by atoms with Crippen molar-refractivity contribution >= 4 is 64.8 Å². The topological polar surface area (TPSA) is 38.7 Å². The molecule has 3 nitrogen and oxygen atoms in total. The predicted octanol–water partition coefficient (Wildman–Crippen LogP) is 9.09. The lowest BCUT2D eigenvalue weighted by molar-refractivity contribution is 0.517. The van der Waals surface area contributed by atoms with Gasteiger partial charge in [0.2, 0.25) is 15.5 Å². The lowest BCUT2D eigenvalue weighted by Gasteiger charge is -2.21. The van der Waals surface area contributed by atoms with Crippen LogP contribution < -0.4 is 0 Å². The molecule has 9 heteroatoms. The van der Waals surface area contributed by atoms with Crippen LogP contribution >= 0.6 is 64.8 Å². The van der Waals surface area contributed by atoms with Gasteiger partial charge < -0.3 is 0 Å². The zero-order chi connectivity index (χ0) is 20.4. The lowest BCUT2D eigenvalue weighted by atomic mass is 10.0. The average Bonchev–Trinajstić information content (AvgIpc) is 2.82. The van der Waals surface area contributed by atoms with Crippen LogP contribution in [0.3, 0.4) is 0 Å². The number of nitrogens with zero attached hydrogens (tertiary/aromatic N) is 3. The third-order valence-electron chi connectivity index (χ3n) is 6.01. The first-order valence-electron chi connectivity index (χ1n) is 11.6. The molecule has 0 saturated heterocycles. The minimum absolute atomic E-state index is 0.765. The summed E-state index contributed by atoms with van der Waals surface area (Å²) in [6, 6.07) is 0. The molecule has 1 heterocycles. The van der Waals surface area contributed by atoms with E-state index in [1.165, 1.54) is 96.3 Å². The molecule has 3 saturated carbocycles. The van der Waals surface area contributed by atoms with Crippen molar-refractivity contribution in [2.75, 3.05) is 0 Å². The minimum atomic E-state index is 0.765. The van der Waals surface area contributed by atoms with Gasteiger partial charge in [-0.3, -0.25) is 0 Å². The summed E-state index contributed by atoms with van der Waals surface area (Å²) >= 11 is 0. The van der Waals surface area contributed by atoms with Gasteiger partial charge in [0.1, 0.15) is 0 Å². The Balaban J connectivity index is 1.36. The van der Waals surface area contributed by atoms with Gasteiger partial charge in [-0.25, -0.2) is 0 Å². The van der Waals surface area contributed by atoms with Crippen LogP contribution in [-0.4, -0.2) is 30.7 Å². The van der Waals surface area contributed by atoms with E-state index in [4.69, 9.17) is 15.0 Å². The van der Waals surface area contributed by atoms with Crippen molar-refractivity contribution in [3.05, 3.63) is 0 Å². The van der Waals surface area contributed by atoms with Gasteiger partial charge in [-0.15, -0.1) is 0 Å². The van der Waals surface area contributed by atoms with E-state index in [0.29, 0.717) is 0 Å². The van der Waals surface area contributed by atoms with Crippen LogP contribution in [0.25, 0.3) is 0 Å². The molecule has 0 bridgehead atoms. The Morgan fingerprint density at radius 3 is 0.933 bits per heavy atom. The van der Waals surface area contributed by atoms with Crippen molar-refractivity contribution in [2.45, 2.75) is 128 Å². The summed E-state index contributed by atoms with van der Waals surface area (Å²) in [7, 11) is 11.3. The number of hydrogen-bond donors (Lipinski definition) is 0. The van der Waals surface area contributed by atoms with E-state index in [1.807, 2.05) is 32.4 Å². The van der Waals surface area contributed by atoms with Crippen LogP contribution in [-0.2, 0) is 0 Å². The minimum Gasteiger partial charge on any atom is -0.195 e. The van der Waals surface area contributed by atoms with Gasteiger partial charge in [-0.2, -0.15) is 15.0 Å². The van der Waals surface area contributed by atoms with E-state index in [0.717, 1.165) is 31.2 Å². The van der Waals surface area contributed by atoms with Crippen molar-refractivity contribution in [1.82, 2.24) is 15.0 Å². The summed E-state index contributed by atoms with van der Waals surface area (Å²) in [6.45, 7) is 0. The molecular formula is C21H33N3S6. The molecule has 0 atom stereocenters. The van der Waals surface area contributed by atoms with Crippen LogP contribution in [0.15, 0.2) is 15.5 Å². The maximum Gasteiger partial charge on any atom is 0.203 e. The Hall–Kier alpha value is 1.11. The molecule has 3 aliphatic carbocycles. The molecule has 0 N–H and O–H groups in total. The second-order valence-corrected chi connectivity index (χ2v) is 15.9. The molecule has 0 spiro atoms. The summed E-state index contributed by atoms with van der Waals surface area (Å²) in [4.78, 5) is 14.5. The normalized spacial score (nSPS) is 22.4. The standard InChI is InChI=1S/C21H33N3S6/c1-4-10-16(11-5-1)25-28-19-22-20(29-26-17-12-6-2-7-13-17)24-21(23-19)30-27-18-14-8-3-9-15-18/h16-18H,1-15H2. The Labute approximate surface area is 206 Å². The van der Waals surface area contributed by atoms with Gasteiger partial charge in [0, 0.05) is 15.7 Å². The van der Waals surface area contributed by atoms with E-state index in [2.05, 4.69) is 0 Å². The Morgan fingerprint density at radius 1 is 0.400 bits per heavy atom. The van der Waals surface area contributed by atoms with Crippen molar-refractivity contribution in [3.63, 3.8) is 0 Å². The van der Waals surface area contributed by atoms with Crippen LogP contribution in [0.1, 0.15) is 96.3 Å². The van der Waals surface area contributed by atoms with Crippen molar-refractivity contribution in [3.8, 4) is 0 Å². The molecule has 0 unspecified atom stereocenters. The quantitative estimate of drug-likeness (QED) is 0.297. The predicted molar refractivity (Wildman–Crippen MR) is 141 cm³/mol. The van der Waals surface area contributed by atoms with Crippen LogP contribution in [0.5, 0.6) is 0 Å². The molecule has 0 aliphatic heterocycles. The van der Waals surface area contributed by atoms with Gasteiger partial charge in [0.05, 0.1) is 0 Å². The fourth-order valence-corrected chi connectivity index (χ4v) is 11.8. The van der Waals surface area contributed by atoms with Crippen LogP contribution in [0, 0.1) is 0 Å². The molecule has 3 fully saturated rings. The lowest BCUT2D eigenvalue weighted by Crippen LogP contribution is -2.07. The second-order valence-electron chi connectivity index (χ2n) is 8.50. The summed E-state index contributed by atoms with van der Waals surface area (Å²) < 4.78 is 0.